The van der Waals surface area contributed by atoms with E-state index in [0.717, 1.165) is 11.1 Å². The molecule has 9 nitrogen and oxygen atoms in total. The highest BCUT2D eigenvalue weighted by Crippen LogP contribution is 2.38. The minimum atomic E-state index is -0.800. The Morgan fingerprint density at radius 1 is 0.911 bits per heavy atom. The molecule has 0 aliphatic carbocycles. The predicted octanol–water partition coefficient (Wildman–Crippen LogP) is 5.55. The molecular weight excluding hydrogens is 572 g/mol. The van der Waals surface area contributed by atoms with Crippen molar-refractivity contribution in [2.24, 2.45) is 0 Å². The number of nitrogens with zero attached hydrogens (tertiary/aromatic N) is 1. The molecule has 1 heterocycles. The fraction of sp³-hybridized carbons (Fsp3) is 0.278. The average Bonchev–Trinajstić information content (AvgIpc) is 3.04. The molecule has 0 spiro atoms. The highest BCUT2D eigenvalue weighted by molar-refractivity contribution is 6.05. The van der Waals surface area contributed by atoms with Gasteiger partial charge in [-0.05, 0) is 67.1 Å². The van der Waals surface area contributed by atoms with Gasteiger partial charge in [-0.15, -0.1) is 0 Å². The van der Waals surface area contributed by atoms with E-state index in [-0.39, 0.29) is 36.3 Å². The number of ketones is 1. The third-order valence-electron chi connectivity index (χ3n) is 7.82. The van der Waals surface area contributed by atoms with Crippen LogP contribution >= 0.6 is 0 Å². The zero-order chi connectivity index (χ0) is 31.9. The molecule has 5 rings (SSSR count). The second kappa shape index (κ2) is 14.6. The first-order chi connectivity index (χ1) is 21.7. The standard InChI is InChI=1S/C36H38N2O7/c1-23(40)26-6-4-10-30(17-26)37-35(43)28-8-3-9-29(16-28)36-44-32(19-34(45-36)25-14-12-24(22-39)13-15-25)20-38(2)21-33(42)27-7-5-11-31(41)18-27/h3-18,32-34,36,39,41-42H,19-22H2,1-2H3,(H,37,43)/t32-,33+,34+,36?/m0/s1. The van der Waals surface area contributed by atoms with E-state index in [4.69, 9.17) is 9.47 Å². The fourth-order valence-corrected chi connectivity index (χ4v) is 5.43. The number of aromatic hydroxyl groups is 1. The lowest BCUT2D eigenvalue weighted by atomic mass is 9.99. The summed E-state index contributed by atoms with van der Waals surface area (Å²) in [5, 5.41) is 33.0. The first-order valence-corrected chi connectivity index (χ1v) is 14.9. The van der Waals surface area contributed by atoms with Crippen LogP contribution in [-0.4, -0.2) is 58.2 Å². The third kappa shape index (κ3) is 8.42. The first-order valence-electron chi connectivity index (χ1n) is 14.9. The number of aliphatic hydroxyl groups is 2. The molecule has 1 aliphatic heterocycles. The summed E-state index contributed by atoms with van der Waals surface area (Å²) in [4.78, 5) is 26.9. The number of ether oxygens (including phenoxy) is 2. The zero-order valence-electron chi connectivity index (χ0n) is 25.3. The van der Waals surface area contributed by atoms with E-state index in [9.17, 15) is 24.9 Å². The van der Waals surface area contributed by atoms with Crippen molar-refractivity contribution >= 4 is 17.4 Å². The zero-order valence-corrected chi connectivity index (χ0v) is 25.3. The minimum Gasteiger partial charge on any atom is -0.508 e. The average molecular weight is 611 g/mol. The van der Waals surface area contributed by atoms with Gasteiger partial charge in [0.1, 0.15) is 5.75 Å². The number of carbonyl (C=O) groups excluding carboxylic acids is 2. The number of benzene rings is 4. The molecule has 9 heteroatoms. The van der Waals surface area contributed by atoms with Crippen LogP contribution in [0.3, 0.4) is 0 Å². The maximum atomic E-state index is 13.2. The van der Waals surface area contributed by atoms with Gasteiger partial charge in [0, 0.05) is 41.9 Å². The largest absolute Gasteiger partial charge is 0.508 e. The van der Waals surface area contributed by atoms with Crippen molar-refractivity contribution in [2.75, 3.05) is 25.5 Å². The van der Waals surface area contributed by atoms with Crippen LogP contribution in [0.1, 0.15) is 74.8 Å². The van der Waals surface area contributed by atoms with Crippen molar-refractivity contribution in [3.63, 3.8) is 0 Å². The van der Waals surface area contributed by atoms with Crippen molar-refractivity contribution < 1.29 is 34.4 Å². The Hall–Kier alpha value is -4.38. The number of aliphatic hydroxyl groups excluding tert-OH is 2. The van der Waals surface area contributed by atoms with Gasteiger partial charge >= 0.3 is 0 Å². The molecular formula is C36H38N2O7. The molecule has 1 unspecified atom stereocenters. The van der Waals surface area contributed by atoms with E-state index in [2.05, 4.69) is 5.32 Å². The number of Topliss-reactive ketones (excluding diaryl/α,β-unsaturated/α-hetero) is 1. The number of carbonyl (C=O) groups is 2. The minimum absolute atomic E-state index is 0.0552. The van der Waals surface area contributed by atoms with E-state index in [0.29, 0.717) is 47.5 Å². The second-order valence-electron chi connectivity index (χ2n) is 11.4. The van der Waals surface area contributed by atoms with Crippen LogP contribution in [0.4, 0.5) is 5.69 Å². The summed E-state index contributed by atoms with van der Waals surface area (Å²) in [6.07, 6.45) is -1.62. The van der Waals surface area contributed by atoms with Gasteiger partial charge in [0.25, 0.3) is 5.91 Å². The lowest BCUT2D eigenvalue weighted by Gasteiger charge is -2.38. The first kappa shape index (κ1) is 32.0. The summed E-state index contributed by atoms with van der Waals surface area (Å²) in [6, 6.07) is 28.0. The molecule has 45 heavy (non-hydrogen) atoms. The van der Waals surface area contributed by atoms with Crippen LogP contribution in [-0.2, 0) is 16.1 Å². The lowest BCUT2D eigenvalue weighted by Crippen LogP contribution is -2.39. The number of likely N-dealkylation sites (N-methyl/N-ethyl adjacent to an activating group) is 1. The third-order valence-corrected chi connectivity index (χ3v) is 7.82. The Kier molecular flexibility index (Phi) is 10.4. The molecule has 1 amide bonds. The second-order valence-corrected chi connectivity index (χ2v) is 11.4. The van der Waals surface area contributed by atoms with Crippen molar-refractivity contribution in [3.05, 3.63) is 130 Å². The monoisotopic (exact) mass is 610 g/mol. The van der Waals surface area contributed by atoms with E-state index in [1.807, 2.05) is 42.3 Å². The molecule has 4 atom stereocenters. The van der Waals surface area contributed by atoms with Gasteiger partial charge < -0.3 is 35.0 Å². The molecule has 0 aromatic heterocycles. The summed E-state index contributed by atoms with van der Waals surface area (Å²) < 4.78 is 12.9. The summed E-state index contributed by atoms with van der Waals surface area (Å²) in [7, 11) is 1.90. The SMILES string of the molecule is CC(=O)c1cccc(NC(=O)c2cccc(C3O[C@H](CN(C)C[C@@H](O)c4cccc(O)c4)C[C@H](c4ccc(CO)cc4)O3)c2)c1. The summed E-state index contributed by atoms with van der Waals surface area (Å²) in [6.45, 7) is 2.24. The smallest absolute Gasteiger partial charge is 0.255 e. The molecule has 1 saturated heterocycles. The number of rotatable bonds is 11. The topological polar surface area (TPSA) is 129 Å². The van der Waals surface area contributed by atoms with Gasteiger partial charge in [0.05, 0.1) is 24.9 Å². The summed E-state index contributed by atoms with van der Waals surface area (Å²) >= 11 is 0. The van der Waals surface area contributed by atoms with Crippen LogP contribution in [0.15, 0.2) is 97.1 Å². The predicted molar refractivity (Wildman–Crippen MR) is 170 cm³/mol. The number of nitrogens with one attached hydrogen (secondary N) is 1. The van der Waals surface area contributed by atoms with Crippen LogP contribution in [0, 0.1) is 0 Å². The molecule has 0 radical (unpaired) electrons. The van der Waals surface area contributed by atoms with Gasteiger partial charge in [-0.2, -0.15) is 0 Å². The Morgan fingerprint density at radius 2 is 1.64 bits per heavy atom. The van der Waals surface area contributed by atoms with Crippen LogP contribution in [0.5, 0.6) is 5.75 Å². The van der Waals surface area contributed by atoms with Crippen molar-refractivity contribution in [3.8, 4) is 5.75 Å². The van der Waals surface area contributed by atoms with Gasteiger partial charge in [-0.25, -0.2) is 0 Å². The van der Waals surface area contributed by atoms with Gasteiger partial charge in [-0.3, -0.25) is 9.59 Å². The quantitative estimate of drug-likeness (QED) is 0.163. The van der Waals surface area contributed by atoms with Crippen molar-refractivity contribution in [1.29, 1.82) is 0 Å². The number of anilines is 1. The fourth-order valence-electron chi connectivity index (χ4n) is 5.43. The highest BCUT2D eigenvalue weighted by Gasteiger charge is 2.33. The van der Waals surface area contributed by atoms with Gasteiger partial charge in [0.15, 0.2) is 12.1 Å². The lowest BCUT2D eigenvalue weighted by molar-refractivity contribution is -0.252. The Morgan fingerprint density at radius 3 is 2.38 bits per heavy atom. The Bertz CT molecular complexity index is 1620. The number of hydrogen-bond donors (Lipinski definition) is 4. The number of hydrogen-bond acceptors (Lipinski definition) is 8. The highest BCUT2D eigenvalue weighted by atomic mass is 16.7. The van der Waals surface area contributed by atoms with Crippen LogP contribution in [0.25, 0.3) is 0 Å². The van der Waals surface area contributed by atoms with Crippen molar-refractivity contribution in [2.45, 2.75) is 44.6 Å². The number of amides is 1. The van der Waals surface area contributed by atoms with Gasteiger partial charge in [-0.1, -0.05) is 60.7 Å². The van der Waals surface area contributed by atoms with Crippen LogP contribution < -0.4 is 5.32 Å². The van der Waals surface area contributed by atoms with E-state index in [1.165, 1.54) is 6.92 Å². The molecule has 1 fully saturated rings. The van der Waals surface area contributed by atoms with Crippen LogP contribution in [0.2, 0.25) is 0 Å². The van der Waals surface area contributed by atoms with E-state index >= 15 is 0 Å². The number of phenolic OH excluding ortho intramolecular Hbond substituents is 1. The maximum absolute atomic E-state index is 13.2. The molecule has 4 aromatic rings. The Balaban J connectivity index is 1.34. The Labute approximate surface area is 262 Å². The molecule has 4 aromatic carbocycles. The van der Waals surface area contributed by atoms with E-state index < -0.39 is 12.4 Å². The normalized spacial score (nSPS) is 18.8. The number of phenols is 1. The van der Waals surface area contributed by atoms with Crippen molar-refractivity contribution in [1.82, 2.24) is 4.90 Å². The molecule has 234 valence electrons. The molecule has 0 bridgehead atoms. The summed E-state index contributed by atoms with van der Waals surface area (Å²) in [5.41, 5.74) is 4.46. The molecule has 1 aliphatic rings. The molecule has 4 N–H and O–H groups in total. The summed E-state index contributed by atoms with van der Waals surface area (Å²) in [5.74, 6) is -0.323. The maximum Gasteiger partial charge on any atom is 0.255 e. The van der Waals surface area contributed by atoms with Gasteiger partial charge in [0.2, 0.25) is 0 Å². The molecule has 0 saturated carbocycles. The van der Waals surface area contributed by atoms with E-state index in [1.54, 1.807) is 66.7 Å².